The van der Waals surface area contributed by atoms with Gasteiger partial charge in [-0.25, -0.2) is 29.0 Å². The number of hydrazine groups is 1. The van der Waals surface area contributed by atoms with E-state index in [1.54, 1.807) is 6.07 Å². The van der Waals surface area contributed by atoms with Crippen LogP contribution in [0.4, 0.5) is 11.6 Å². The topological polar surface area (TPSA) is 122 Å². The fraction of sp³-hybridized carbons (Fsp3) is 0.600. The van der Waals surface area contributed by atoms with Gasteiger partial charge >= 0.3 is 0 Å². The molecule has 0 aliphatic rings. The number of hydrogen-bond donors (Lipinski definition) is 4. The molecule has 9 heteroatoms. The first-order valence-electron chi connectivity index (χ1n) is 6.00. The summed E-state index contributed by atoms with van der Waals surface area (Å²) in [6, 6.07) is 1.63. The summed E-state index contributed by atoms with van der Waals surface area (Å²) in [6.07, 6.45) is 1.65. The van der Waals surface area contributed by atoms with Crippen molar-refractivity contribution in [3.63, 3.8) is 0 Å². The minimum Gasteiger partial charge on any atom is -0.369 e. The molecule has 5 N–H and O–H groups in total. The van der Waals surface area contributed by atoms with Crippen LogP contribution in [0.1, 0.15) is 19.2 Å². The summed E-state index contributed by atoms with van der Waals surface area (Å²) >= 11 is 0. The maximum absolute atomic E-state index is 11.3. The Morgan fingerprint density at radius 1 is 1.32 bits per heavy atom. The molecule has 1 aromatic rings. The molecule has 1 rings (SSSR count). The Morgan fingerprint density at radius 2 is 2.00 bits per heavy atom. The molecule has 0 radical (unpaired) electrons. The quantitative estimate of drug-likeness (QED) is 0.382. The molecule has 0 amide bonds. The lowest BCUT2D eigenvalue weighted by Crippen LogP contribution is -2.26. The van der Waals surface area contributed by atoms with Gasteiger partial charge in [0.1, 0.15) is 17.5 Å². The number of nitrogens with zero attached hydrogens (tertiary/aromatic N) is 2. The van der Waals surface area contributed by atoms with Crippen LogP contribution in [0.2, 0.25) is 0 Å². The Morgan fingerprint density at radius 3 is 2.58 bits per heavy atom. The second-order valence-electron chi connectivity index (χ2n) is 3.90. The van der Waals surface area contributed by atoms with Crippen LogP contribution in [0, 0.1) is 0 Å². The maximum Gasteiger partial charge on any atom is 0.213 e. The van der Waals surface area contributed by atoms with E-state index < -0.39 is 10.0 Å². The summed E-state index contributed by atoms with van der Waals surface area (Å²) in [5, 5.41) is 2.94. The highest BCUT2D eigenvalue weighted by atomic mass is 32.2. The van der Waals surface area contributed by atoms with Crippen LogP contribution in [0.25, 0.3) is 0 Å². The van der Waals surface area contributed by atoms with Gasteiger partial charge in [-0.3, -0.25) is 0 Å². The molecule has 0 atom stereocenters. The molecule has 0 aliphatic heterocycles. The minimum atomic E-state index is -3.22. The fourth-order valence-electron chi connectivity index (χ4n) is 1.41. The Bertz CT molecular complexity index is 505. The standard InChI is InChI=1S/C10H20N6O2S/c1-3-4-8-14-9(7-10(15-8)16-11)13-5-6-19(17,18)12-2/h7,12H,3-6,11H2,1-2H3,(H2,13,14,15,16). The van der Waals surface area contributed by atoms with Gasteiger partial charge in [-0.2, -0.15) is 0 Å². The molecule has 0 aromatic carbocycles. The molecule has 0 spiro atoms. The average Bonchev–Trinajstić information content (AvgIpc) is 2.38. The molecule has 19 heavy (non-hydrogen) atoms. The van der Waals surface area contributed by atoms with Crippen LogP contribution < -0.4 is 21.3 Å². The van der Waals surface area contributed by atoms with Gasteiger partial charge in [-0.05, 0) is 13.5 Å². The van der Waals surface area contributed by atoms with Gasteiger partial charge in [0.25, 0.3) is 0 Å². The normalized spacial score (nSPS) is 11.3. The summed E-state index contributed by atoms with van der Waals surface area (Å²) < 4.78 is 24.8. The molecule has 0 fully saturated rings. The zero-order valence-electron chi connectivity index (χ0n) is 11.1. The smallest absolute Gasteiger partial charge is 0.213 e. The highest BCUT2D eigenvalue weighted by molar-refractivity contribution is 7.89. The van der Waals surface area contributed by atoms with Crippen LogP contribution in [-0.4, -0.2) is 37.7 Å². The molecular formula is C10H20N6O2S. The number of aromatic nitrogens is 2. The van der Waals surface area contributed by atoms with Gasteiger partial charge in [0.2, 0.25) is 10.0 Å². The van der Waals surface area contributed by atoms with E-state index in [2.05, 4.69) is 25.4 Å². The summed E-state index contributed by atoms with van der Waals surface area (Å²) in [5.74, 6) is 7.02. The molecule has 0 bridgehead atoms. The predicted molar refractivity (Wildman–Crippen MR) is 75.2 cm³/mol. The monoisotopic (exact) mass is 288 g/mol. The maximum atomic E-state index is 11.3. The van der Waals surface area contributed by atoms with Crippen LogP contribution >= 0.6 is 0 Å². The Hall–Kier alpha value is -1.45. The number of hydrogen-bond acceptors (Lipinski definition) is 7. The molecule has 0 saturated carbocycles. The Kier molecular flexibility index (Phi) is 5.93. The summed E-state index contributed by atoms with van der Waals surface area (Å²) in [7, 11) is -1.84. The first kappa shape index (κ1) is 15.6. The van der Waals surface area contributed by atoms with Crippen LogP contribution in [-0.2, 0) is 16.4 Å². The number of nitrogens with two attached hydrogens (primary N) is 1. The molecule has 0 aliphatic carbocycles. The zero-order valence-corrected chi connectivity index (χ0v) is 11.9. The van der Waals surface area contributed by atoms with Crippen LogP contribution in [0.3, 0.4) is 0 Å². The number of anilines is 2. The lowest BCUT2D eigenvalue weighted by atomic mass is 10.3. The number of nitrogen functional groups attached to an aromatic ring is 1. The van der Waals surface area contributed by atoms with Crippen molar-refractivity contribution in [2.24, 2.45) is 5.84 Å². The van der Waals surface area contributed by atoms with Gasteiger partial charge in [-0.15, -0.1) is 0 Å². The predicted octanol–water partition coefficient (Wildman–Crippen LogP) is -0.324. The third kappa shape index (κ3) is 5.37. The minimum absolute atomic E-state index is 0.0258. The largest absolute Gasteiger partial charge is 0.369 e. The molecule has 108 valence electrons. The number of nitrogens with one attached hydrogen (secondary N) is 3. The van der Waals surface area contributed by atoms with E-state index in [4.69, 9.17) is 5.84 Å². The van der Waals surface area contributed by atoms with Crippen LogP contribution in [0.15, 0.2) is 6.07 Å². The molecule has 8 nitrogen and oxygen atoms in total. The summed E-state index contributed by atoms with van der Waals surface area (Å²) in [6.45, 7) is 2.29. The highest BCUT2D eigenvalue weighted by Crippen LogP contribution is 2.11. The van der Waals surface area contributed by atoms with E-state index in [0.29, 0.717) is 17.5 Å². The van der Waals surface area contributed by atoms with E-state index >= 15 is 0 Å². The van der Waals surface area contributed by atoms with Crippen molar-refractivity contribution < 1.29 is 8.42 Å². The Balaban J connectivity index is 2.69. The number of rotatable bonds is 8. The average molecular weight is 288 g/mol. The van der Waals surface area contributed by atoms with Crippen molar-refractivity contribution in [1.82, 2.24) is 14.7 Å². The molecule has 1 heterocycles. The van der Waals surface area contributed by atoms with Crippen LogP contribution in [0.5, 0.6) is 0 Å². The van der Waals surface area contributed by atoms with Crippen molar-refractivity contribution in [1.29, 1.82) is 0 Å². The second-order valence-corrected chi connectivity index (χ2v) is 5.94. The van der Waals surface area contributed by atoms with Crippen molar-refractivity contribution in [3.05, 3.63) is 11.9 Å². The van der Waals surface area contributed by atoms with E-state index in [9.17, 15) is 8.42 Å². The fourth-order valence-corrected chi connectivity index (χ4v) is 1.99. The van der Waals surface area contributed by atoms with Gasteiger partial charge < -0.3 is 10.7 Å². The van der Waals surface area contributed by atoms with Crippen molar-refractivity contribution in [2.45, 2.75) is 19.8 Å². The zero-order chi connectivity index (χ0) is 14.3. The van der Waals surface area contributed by atoms with Crippen molar-refractivity contribution in [3.8, 4) is 0 Å². The second kappa shape index (κ2) is 7.22. The summed E-state index contributed by atoms with van der Waals surface area (Å²) in [4.78, 5) is 8.48. The molecule has 0 unspecified atom stereocenters. The van der Waals surface area contributed by atoms with Gasteiger partial charge in [0.05, 0.1) is 5.75 Å². The van der Waals surface area contributed by atoms with Crippen molar-refractivity contribution >= 4 is 21.7 Å². The van der Waals surface area contributed by atoms with E-state index in [1.807, 2.05) is 6.92 Å². The Labute approximate surface area is 113 Å². The lowest BCUT2D eigenvalue weighted by molar-refractivity contribution is 0.588. The molecule has 1 aromatic heterocycles. The van der Waals surface area contributed by atoms with E-state index in [0.717, 1.165) is 12.8 Å². The molecule has 0 saturated heterocycles. The summed E-state index contributed by atoms with van der Waals surface area (Å²) in [5.41, 5.74) is 2.46. The van der Waals surface area contributed by atoms with Crippen molar-refractivity contribution in [2.75, 3.05) is 30.1 Å². The van der Waals surface area contributed by atoms with Gasteiger partial charge in [0, 0.05) is 19.0 Å². The van der Waals surface area contributed by atoms with Gasteiger partial charge in [0.15, 0.2) is 0 Å². The third-order valence-corrected chi connectivity index (χ3v) is 3.75. The lowest BCUT2D eigenvalue weighted by Gasteiger charge is -2.09. The highest BCUT2D eigenvalue weighted by Gasteiger charge is 2.07. The third-order valence-electron chi connectivity index (χ3n) is 2.38. The first-order chi connectivity index (χ1) is 9.00. The molecular weight excluding hydrogens is 268 g/mol. The van der Waals surface area contributed by atoms with E-state index in [1.165, 1.54) is 7.05 Å². The van der Waals surface area contributed by atoms with E-state index in [-0.39, 0.29) is 12.3 Å². The SMILES string of the molecule is CCCc1nc(NN)cc(NCCS(=O)(=O)NC)n1. The van der Waals surface area contributed by atoms with Gasteiger partial charge in [-0.1, -0.05) is 6.92 Å². The first-order valence-corrected chi connectivity index (χ1v) is 7.65. The number of sulfonamides is 1. The number of aryl methyl sites for hydroxylation is 1.